The molecule has 1 saturated carbocycles. The molecule has 2 nitrogen and oxygen atoms in total. The van der Waals surface area contributed by atoms with Gasteiger partial charge in [-0.2, -0.15) is 0 Å². The number of rotatable bonds is 3. The van der Waals surface area contributed by atoms with Gasteiger partial charge in [0.25, 0.3) is 0 Å². The van der Waals surface area contributed by atoms with Crippen molar-refractivity contribution >= 4 is 38.6 Å². The average molecular weight is 374 g/mol. The highest BCUT2D eigenvalue weighted by molar-refractivity contribution is 9.10. The summed E-state index contributed by atoms with van der Waals surface area (Å²) in [5.74, 6) is 2.01. The Morgan fingerprint density at radius 2 is 2.24 bits per heavy atom. The predicted octanol–water partition coefficient (Wildman–Crippen LogP) is 5.67. The normalized spacial score (nSPS) is 23.9. The number of hydrogen-bond acceptors (Lipinski definition) is 1. The maximum absolute atomic E-state index is 13.7. The Morgan fingerprint density at radius 3 is 2.86 bits per heavy atom. The summed E-state index contributed by atoms with van der Waals surface area (Å²) in [6.07, 6.45) is 3.79. The molecule has 1 heterocycles. The van der Waals surface area contributed by atoms with E-state index in [0.29, 0.717) is 15.9 Å². The van der Waals surface area contributed by atoms with E-state index < -0.39 is 0 Å². The van der Waals surface area contributed by atoms with Gasteiger partial charge in [-0.1, -0.05) is 13.3 Å². The van der Waals surface area contributed by atoms with Gasteiger partial charge in [-0.05, 0) is 53.6 Å². The van der Waals surface area contributed by atoms with Crippen LogP contribution in [0, 0.1) is 17.7 Å². The molecule has 0 aliphatic heterocycles. The van der Waals surface area contributed by atoms with E-state index in [-0.39, 0.29) is 11.2 Å². The summed E-state index contributed by atoms with van der Waals surface area (Å²) in [6, 6.07) is 3.30. The Kier molecular flexibility index (Phi) is 4.28. The third-order valence-corrected chi connectivity index (χ3v) is 5.22. The van der Waals surface area contributed by atoms with Gasteiger partial charge in [-0.25, -0.2) is 9.37 Å². The van der Waals surface area contributed by atoms with Crippen LogP contribution in [-0.4, -0.2) is 9.55 Å². The van der Waals surface area contributed by atoms with Crippen molar-refractivity contribution < 1.29 is 4.39 Å². The molecule has 3 atom stereocenters. The molecule has 1 fully saturated rings. The van der Waals surface area contributed by atoms with E-state index in [4.69, 9.17) is 11.6 Å². The second-order valence-corrected chi connectivity index (χ2v) is 7.74. The highest BCUT2D eigenvalue weighted by Gasteiger charge is 2.25. The third kappa shape index (κ3) is 2.98. The maximum Gasteiger partial charge on any atom is 0.139 e. The van der Waals surface area contributed by atoms with Crippen LogP contribution in [0.2, 0.25) is 0 Å². The van der Waals surface area contributed by atoms with Gasteiger partial charge >= 0.3 is 0 Å². The Morgan fingerprint density at radius 1 is 1.48 bits per heavy atom. The molecule has 0 amide bonds. The van der Waals surface area contributed by atoms with Gasteiger partial charge in [0, 0.05) is 12.6 Å². The highest BCUT2D eigenvalue weighted by Crippen LogP contribution is 2.35. The summed E-state index contributed by atoms with van der Waals surface area (Å²) >= 11 is 9.55. The SMILES string of the molecule is CC1CCC(Cn2c(C(C)Cl)nc3cc(F)c(Br)cc32)C1. The number of imidazole rings is 1. The molecule has 1 aromatic carbocycles. The molecule has 3 rings (SSSR count). The van der Waals surface area contributed by atoms with Crippen LogP contribution in [0.15, 0.2) is 16.6 Å². The van der Waals surface area contributed by atoms with Crippen molar-refractivity contribution in [3.63, 3.8) is 0 Å². The van der Waals surface area contributed by atoms with Gasteiger partial charge in [0.1, 0.15) is 11.6 Å². The van der Waals surface area contributed by atoms with Gasteiger partial charge in [0.2, 0.25) is 0 Å². The fraction of sp³-hybridized carbons (Fsp3) is 0.562. The van der Waals surface area contributed by atoms with Crippen LogP contribution in [-0.2, 0) is 6.54 Å². The quantitative estimate of drug-likeness (QED) is 0.633. The summed E-state index contributed by atoms with van der Waals surface area (Å²) in [6.45, 7) is 5.15. The molecule has 21 heavy (non-hydrogen) atoms. The van der Waals surface area contributed by atoms with Crippen LogP contribution in [0.25, 0.3) is 11.0 Å². The van der Waals surface area contributed by atoms with E-state index >= 15 is 0 Å². The van der Waals surface area contributed by atoms with Gasteiger partial charge in [0.05, 0.1) is 20.9 Å². The van der Waals surface area contributed by atoms with Crippen molar-refractivity contribution in [2.75, 3.05) is 0 Å². The minimum atomic E-state index is -0.282. The second kappa shape index (κ2) is 5.88. The Bertz CT molecular complexity index is 668. The van der Waals surface area contributed by atoms with Crippen molar-refractivity contribution in [2.24, 2.45) is 11.8 Å². The summed E-state index contributed by atoms with van der Waals surface area (Å²) in [5, 5.41) is -0.182. The van der Waals surface area contributed by atoms with Crippen molar-refractivity contribution in [1.82, 2.24) is 9.55 Å². The fourth-order valence-electron chi connectivity index (χ4n) is 3.38. The molecule has 5 heteroatoms. The first kappa shape index (κ1) is 15.3. The molecule has 0 saturated heterocycles. The second-order valence-electron chi connectivity index (χ2n) is 6.24. The number of aromatic nitrogens is 2. The summed E-state index contributed by atoms with van der Waals surface area (Å²) in [5.41, 5.74) is 1.65. The van der Waals surface area contributed by atoms with E-state index in [1.54, 1.807) is 0 Å². The first-order valence-electron chi connectivity index (χ1n) is 7.45. The standard InChI is InChI=1S/C16H19BrClFN2/c1-9-3-4-11(5-9)8-21-15-6-12(17)13(19)7-14(15)20-16(21)10(2)18/h6-7,9-11H,3-5,8H2,1-2H3. The molecule has 1 aromatic heterocycles. The third-order valence-electron chi connectivity index (χ3n) is 4.42. The molecule has 0 radical (unpaired) electrons. The molecular weight excluding hydrogens is 355 g/mol. The highest BCUT2D eigenvalue weighted by atomic mass is 79.9. The molecular formula is C16H19BrClFN2. The van der Waals surface area contributed by atoms with E-state index in [2.05, 4.69) is 32.4 Å². The molecule has 2 aromatic rings. The van der Waals surface area contributed by atoms with E-state index in [0.717, 1.165) is 23.8 Å². The predicted molar refractivity (Wildman–Crippen MR) is 88.2 cm³/mol. The summed E-state index contributed by atoms with van der Waals surface area (Å²) < 4.78 is 16.4. The van der Waals surface area contributed by atoms with Crippen LogP contribution < -0.4 is 0 Å². The lowest BCUT2D eigenvalue weighted by Gasteiger charge is -2.15. The van der Waals surface area contributed by atoms with Gasteiger partial charge in [-0.3, -0.25) is 0 Å². The largest absolute Gasteiger partial charge is 0.326 e. The van der Waals surface area contributed by atoms with Crippen molar-refractivity contribution in [1.29, 1.82) is 0 Å². The minimum absolute atomic E-state index is 0.182. The zero-order valence-electron chi connectivity index (χ0n) is 12.2. The Balaban J connectivity index is 2.05. The van der Waals surface area contributed by atoms with Crippen LogP contribution in [0.3, 0.4) is 0 Å². The van der Waals surface area contributed by atoms with E-state index in [1.165, 1.54) is 25.3 Å². The topological polar surface area (TPSA) is 17.8 Å². The molecule has 3 unspecified atom stereocenters. The van der Waals surface area contributed by atoms with Crippen LogP contribution in [0.4, 0.5) is 4.39 Å². The zero-order valence-corrected chi connectivity index (χ0v) is 14.6. The smallest absolute Gasteiger partial charge is 0.139 e. The number of benzene rings is 1. The monoisotopic (exact) mass is 372 g/mol. The number of fused-ring (bicyclic) bond motifs is 1. The minimum Gasteiger partial charge on any atom is -0.326 e. The molecule has 1 aliphatic carbocycles. The summed E-state index contributed by atoms with van der Waals surface area (Å²) in [7, 11) is 0. The number of hydrogen-bond donors (Lipinski definition) is 0. The van der Waals surface area contributed by atoms with Crippen molar-refractivity contribution in [3.05, 3.63) is 28.2 Å². The maximum atomic E-state index is 13.7. The number of nitrogens with zero attached hydrogens (tertiary/aromatic N) is 2. The van der Waals surface area contributed by atoms with Crippen molar-refractivity contribution in [3.8, 4) is 0 Å². The number of halogens is 3. The molecule has 114 valence electrons. The van der Waals surface area contributed by atoms with Gasteiger partial charge in [0.15, 0.2) is 0 Å². The molecule has 0 N–H and O–H groups in total. The first-order chi connectivity index (χ1) is 9.95. The summed E-state index contributed by atoms with van der Waals surface area (Å²) in [4.78, 5) is 4.55. The van der Waals surface area contributed by atoms with Crippen LogP contribution >= 0.6 is 27.5 Å². The molecule has 0 bridgehead atoms. The number of alkyl halides is 1. The van der Waals surface area contributed by atoms with Gasteiger partial charge < -0.3 is 4.57 Å². The van der Waals surface area contributed by atoms with Crippen LogP contribution in [0.1, 0.15) is 44.3 Å². The molecule has 0 spiro atoms. The fourth-order valence-corrected chi connectivity index (χ4v) is 3.88. The van der Waals surface area contributed by atoms with E-state index in [9.17, 15) is 4.39 Å². The Hall–Kier alpha value is -0.610. The lowest BCUT2D eigenvalue weighted by molar-refractivity contribution is 0.438. The Labute approximate surface area is 137 Å². The van der Waals surface area contributed by atoms with Crippen LogP contribution in [0.5, 0.6) is 0 Å². The van der Waals surface area contributed by atoms with E-state index in [1.807, 2.05) is 13.0 Å². The van der Waals surface area contributed by atoms with Crippen molar-refractivity contribution in [2.45, 2.75) is 45.0 Å². The first-order valence-corrected chi connectivity index (χ1v) is 8.68. The molecule has 1 aliphatic rings. The van der Waals surface area contributed by atoms with Gasteiger partial charge in [-0.15, -0.1) is 11.6 Å². The lowest BCUT2D eigenvalue weighted by Crippen LogP contribution is -2.11. The zero-order chi connectivity index (χ0) is 15.1. The average Bonchev–Trinajstić information content (AvgIpc) is 2.96. The lowest BCUT2D eigenvalue weighted by atomic mass is 10.1.